The highest BCUT2D eigenvalue weighted by Gasteiger charge is 2.19. The zero-order valence-electron chi connectivity index (χ0n) is 11.1. The van der Waals surface area contributed by atoms with Crippen LogP contribution in [-0.2, 0) is 4.79 Å². The third kappa shape index (κ3) is 5.96. The summed E-state index contributed by atoms with van der Waals surface area (Å²) in [5.41, 5.74) is 0. The first-order valence-electron chi connectivity index (χ1n) is 6.21. The molecule has 1 fully saturated rings. The van der Waals surface area contributed by atoms with Gasteiger partial charge in [0.2, 0.25) is 5.91 Å². The lowest BCUT2D eigenvalue weighted by Gasteiger charge is -2.26. The highest BCUT2D eigenvalue weighted by molar-refractivity contribution is 8.14. The minimum absolute atomic E-state index is 0.000482. The van der Waals surface area contributed by atoms with Crippen LogP contribution in [0.5, 0.6) is 0 Å². The largest absolute Gasteiger partial charge is 0.362 e. The van der Waals surface area contributed by atoms with Gasteiger partial charge in [-0.15, -0.1) is 0 Å². The maximum atomic E-state index is 11.5. The molecule has 1 saturated heterocycles. The topological polar surface area (TPSA) is 53.5 Å². The van der Waals surface area contributed by atoms with Crippen molar-refractivity contribution in [3.63, 3.8) is 0 Å². The van der Waals surface area contributed by atoms with E-state index in [0.717, 1.165) is 18.1 Å². The summed E-state index contributed by atoms with van der Waals surface area (Å²) in [6.45, 7) is 9.43. The average molecular weight is 257 g/mol. The molecule has 0 aromatic heterocycles. The highest BCUT2D eigenvalue weighted by Crippen LogP contribution is 2.21. The van der Waals surface area contributed by atoms with E-state index in [9.17, 15) is 4.79 Å². The van der Waals surface area contributed by atoms with Crippen molar-refractivity contribution in [2.24, 2.45) is 10.9 Å². The van der Waals surface area contributed by atoms with Crippen LogP contribution < -0.4 is 10.6 Å². The standard InChI is InChI=1S/C12H23N3OS/c1-8(2)6-13-11(16)7-14-12-15-9(3)5-10(4)17-12/h8-10H,5-7H2,1-4H3,(H,13,16)(H,14,15). The van der Waals surface area contributed by atoms with Crippen LogP contribution in [0.1, 0.15) is 34.1 Å². The van der Waals surface area contributed by atoms with Crippen LogP contribution in [0.15, 0.2) is 4.99 Å². The van der Waals surface area contributed by atoms with Gasteiger partial charge >= 0.3 is 0 Å². The Kier molecular flexibility index (Phi) is 5.82. The maximum absolute atomic E-state index is 11.5. The molecule has 2 unspecified atom stereocenters. The summed E-state index contributed by atoms with van der Waals surface area (Å²) in [7, 11) is 0. The molecular formula is C12H23N3OS. The number of hydrogen-bond donors (Lipinski definition) is 2. The summed E-state index contributed by atoms with van der Waals surface area (Å²) in [5.74, 6) is 0.480. The third-order valence-electron chi connectivity index (χ3n) is 2.44. The SMILES string of the molecule is CC(C)CNC(=O)CN=C1NC(C)CC(C)S1. The minimum Gasteiger partial charge on any atom is -0.362 e. The minimum atomic E-state index is -0.000482. The second kappa shape index (κ2) is 6.89. The molecule has 0 aromatic carbocycles. The second-order valence-electron chi connectivity index (χ2n) is 5.03. The molecule has 0 radical (unpaired) electrons. The third-order valence-corrected chi connectivity index (χ3v) is 3.51. The summed E-state index contributed by atoms with van der Waals surface area (Å²) in [6, 6.07) is 0.448. The van der Waals surface area contributed by atoms with E-state index in [1.807, 2.05) is 0 Å². The molecule has 98 valence electrons. The molecule has 2 atom stereocenters. The van der Waals surface area contributed by atoms with Gasteiger partial charge in [-0.25, -0.2) is 0 Å². The van der Waals surface area contributed by atoms with Crippen LogP contribution in [0.3, 0.4) is 0 Å². The molecular weight excluding hydrogens is 234 g/mol. The lowest BCUT2D eigenvalue weighted by molar-refractivity contribution is -0.119. The van der Waals surface area contributed by atoms with E-state index in [2.05, 4.69) is 43.3 Å². The van der Waals surface area contributed by atoms with E-state index in [1.54, 1.807) is 11.8 Å². The fourth-order valence-corrected chi connectivity index (χ4v) is 2.82. The molecule has 1 rings (SSSR count). The Bertz CT molecular complexity index is 279. The molecule has 0 spiro atoms. The van der Waals surface area contributed by atoms with Crippen molar-refractivity contribution in [1.82, 2.24) is 10.6 Å². The first-order valence-corrected chi connectivity index (χ1v) is 7.09. The maximum Gasteiger partial charge on any atom is 0.241 e. The number of amides is 1. The number of thioether (sulfide) groups is 1. The Morgan fingerprint density at radius 1 is 1.59 bits per heavy atom. The first kappa shape index (κ1) is 14.4. The van der Waals surface area contributed by atoms with Crippen molar-refractivity contribution in [3.05, 3.63) is 0 Å². The molecule has 1 heterocycles. The number of amidine groups is 1. The van der Waals surface area contributed by atoms with Crippen molar-refractivity contribution in [2.75, 3.05) is 13.1 Å². The van der Waals surface area contributed by atoms with Crippen LogP contribution in [0.2, 0.25) is 0 Å². The molecule has 4 nitrogen and oxygen atoms in total. The Labute approximate surface area is 108 Å². The smallest absolute Gasteiger partial charge is 0.241 e. The summed E-state index contributed by atoms with van der Waals surface area (Å²) >= 11 is 1.72. The molecule has 0 aromatic rings. The van der Waals surface area contributed by atoms with Gasteiger partial charge < -0.3 is 10.6 Å². The zero-order chi connectivity index (χ0) is 12.8. The van der Waals surface area contributed by atoms with Crippen LogP contribution in [0, 0.1) is 5.92 Å². The van der Waals surface area contributed by atoms with Crippen molar-refractivity contribution >= 4 is 22.8 Å². The number of carbonyl (C=O) groups excluding carboxylic acids is 1. The van der Waals surface area contributed by atoms with Gasteiger partial charge in [-0.1, -0.05) is 32.5 Å². The average Bonchev–Trinajstić information content (AvgIpc) is 2.22. The lowest BCUT2D eigenvalue weighted by atomic mass is 10.2. The predicted molar refractivity (Wildman–Crippen MR) is 74.4 cm³/mol. The van der Waals surface area contributed by atoms with Gasteiger partial charge in [0.25, 0.3) is 0 Å². The number of nitrogens with zero attached hydrogens (tertiary/aromatic N) is 1. The molecule has 1 aliphatic rings. The van der Waals surface area contributed by atoms with Gasteiger partial charge in [0.1, 0.15) is 6.54 Å². The number of nitrogens with one attached hydrogen (secondary N) is 2. The molecule has 2 N–H and O–H groups in total. The number of carbonyl (C=O) groups is 1. The summed E-state index contributed by atoms with van der Waals surface area (Å²) in [5, 5.41) is 7.63. The van der Waals surface area contributed by atoms with Crippen molar-refractivity contribution in [1.29, 1.82) is 0 Å². The quantitative estimate of drug-likeness (QED) is 0.804. The van der Waals surface area contributed by atoms with Crippen molar-refractivity contribution in [2.45, 2.75) is 45.4 Å². The number of hydrogen-bond acceptors (Lipinski definition) is 3. The molecule has 0 saturated carbocycles. The van der Waals surface area contributed by atoms with Gasteiger partial charge in [-0.3, -0.25) is 9.79 Å². The van der Waals surface area contributed by atoms with Gasteiger partial charge in [0, 0.05) is 17.8 Å². The van der Waals surface area contributed by atoms with E-state index >= 15 is 0 Å². The highest BCUT2D eigenvalue weighted by atomic mass is 32.2. The van der Waals surface area contributed by atoms with Gasteiger partial charge in [-0.2, -0.15) is 0 Å². The van der Waals surface area contributed by atoms with E-state index < -0.39 is 0 Å². The molecule has 1 aliphatic heterocycles. The molecule has 0 bridgehead atoms. The summed E-state index contributed by atoms with van der Waals surface area (Å²) < 4.78 is 0. The van der Waals surface area contributed by atoms with Gasteiger partial charge in [0.15, 0.2) is 5.17 Å². The first-order chi connectivity index (χ1) is 7.97. The normalized spacial score (nSPS) is 27.0. The predicted octanol–water partition coefficient (Wildman–Crippen LogP) is 1.62. The molecule has 5 heteroatoms. The second-order valence-corrected chi connectivity index (χ2v) is 6.46. The summed E-state index contributed by atoms with van der Waals surface area (Å²) in [4.78, 5) is 15.8. The summed E-state index contributed by atoms with van der Waals surface area (Å²) in [6.07, 6.45) is 1.14. The fraction of sp³-hybridized carbons (Fsp3) is 0.833. The van der Waals surface area contributed by atoms with E-state index in [1.165, 1.54) is 0 Å². The number of aliphatic imine (C=N–C) groups is 1. The Morgan fingerprint density at radius 2 is 2.29 bits per heavy atom. The zero-order valence-corrected chi connectivity index (χ0v) is 11.9. The van der Waals surface area contributed by atoms with Crippen LogP contribution in [-0.4, -0.2) is 35.5 Å². The molecule has 0 aliphatic carbocycles. The van der Waals surface area contributed by atoms with E-state index in [4.69, 9.17) is 0 Å². The Morgan fingerprint density at radius 3 is 2.88 bits per heavy atom. The van der Waals surface area contributed by atoms with Gasteiger partial charge in [-0.05, 0) is 19.3 Å². The number of rotatable bonds is 4. The van der Waals surface area contributed by atoms with Crippen LogP contribution >= 0.6 is 11.8 Å². The van der Waals surface area contributed by atoms with E-state index in [0.29, 0.717) is 17.2 Å². The Hall–Kier alpha value is -0.710. The fourth-order valence-electron chi connectivity index (χ4n) is 1.64. The lowest BCUT2D eigenvalue weighted by Crippen LogP contribution is -2.39. The van der Waals surface area contributed by atoms with E-state index in [-0.39, 0.29) is 12.5 Å². The van der Waals surface area contributed by atoms with Crippen molar-refractivity contribution < 1.29 is 4.79 Å². The van der Waals surface area contributed by atoms with Gasteiger partial charge in [0.05, 0.1) is 0 Å². The van der Waals surface area contributed by atoms with Crippen LogP contribution in [0.4, 0.5) is 0 Å². The molecule has 1 amide bonds. The monoisotopic (exact) mass is 257 g/mol. The molecule has 17 heavy (non-hydrogen) atoms. The van der Waals surface area contributed by atoms with Crippen molar-refractivity contribution in [3.8, 4) is 0 Å². The Balaban J connectivity index is 2.34. The van der Waals surface area contributed by atoms with Crippen LogP contribution in [0.25, 0.3) is 0 Å².